The molecule has 1 aliphatic rings. The maximum Gasteiger partial charge on any atom is 0.120 e. The molecule has 3 atom stereocenters. The van der Waals surface area contributed by atoms with E-state index >= 15 is 0 Å². The minimum absolute atomic E-state index is 0.0995. The van der Waals surface area contributed by atoms with Gasteiger partial charge in [0.15, 0.2) is 0 Å². The number of benzene rings is 1. The second kappa shape index (κ2) is 4.82. The highest BCUT2D eigenvalue weighted by Crippen LogP contribution is 2.46. The largest absolute Gasteiger partial charge is 0.490 e. The Morgan fingerprint density at radius 3 is 2.58 bits per heavy atom. The van der Waals surface area contributed by atoms with E-state index in [1.54, 1.807) is 0 Å². The number of hydrogen-bond acceptors (Lipinski definition) is 2. The van der Waals surface area contributed by atoms with E-state index in [0.717, 1.165) is 18.6 Å². The normalized spacial score (nSPS) is 30.8. The third-order valence-electron chi connectivity index (χ3n) is 4.67. The lowest BCUT2D eigenvalue weighted by atomic mass is 9.63. The molecule has 2 nitrogen and oxygen atoms in total. The van der Waals surface area contributed by atoms with E-state index in [4.69, 9.17) is 4.74 Å². The van der Waals surface area contributed by atoms with E-state index in [9.17, 15) is 5.11 Å². The van der Waals surface area contributed by atoms with E-state index in [-0.39, 0.29) is 23.0 Å². The number of aliphatic hydroxyl groups is 1. The standard InChI is InChI=1S/C17H26O2/c1-6-17(5)14(18)11-15(17)19-13-9-7-8-12(10-13)16(2,3)4/h7-10,14-15,18H,6,11H2,1-5H3. The van der Waals surface area contributed by atoms with Crippen molar-refractivity contribution < 1.29 is 9.84 Å². The first-order chi connectivity index (χ1) is 8.77. The zero-order chi connectivity index (χ0) is 14.3. The fourth-order valence-corrected chi connectivity index (χ4v) is 2.64. The Bertz CT molecular complexity index is 447. The maximum atomic E-state index is 9.92. The van der Waals surface area contributed by atoms with Gasteiger partial charge in [0, 0.05) is 11.8 Å². The molecule has 0 aromatic heterocycles. The highest BCUT2D eigenvalue weighted by atomic mass is 16.5. The number of hydrogen-bond donors (Lipinski definition) is 1. The summed E-state index contributed by atoms with van der Waals surface area (Å²) < 4.78 is 6.10. The second-order valence-electron chi connectivity index (χ2n) is 7.00. The van der Waals surface area contributed by atoms with Gasteiger partial charge in [-0.25, -0.2) is 0 Å². The van der Waals surface area contributed by atoms with Gasteiger partial charge < -0.3 is 9.84 Å². The molecule has 0 spiro atoms. The Morgan fingerprint density at radius 1 is 1.37 bits per heavy atom. The average molecular weight is 262 g/mol. The van der Waals surface area contributed by atoms with Gasteiger partial charge >= 0.3 is 0 Å². The minimum atomic E-state index is -0.228. The molecule has 1 saturated carbocycles. The molecule has 1 N–H and O–H groups in total. The summed E-state index contributed by atoms with van der Waals surface area (Å²) in [6.45, 7) is 10.8. The van der Waals surface area contributed by atoms with Crippen LogP contribution in [0.15, 0.2) is 24.3 Å². The van der Waals surface area contributed by atoms with Crippen LogP contribution in [0.25, 0.3) is 0 Å². The van der Waals surface area contributed by atoms with E-state index in [1.807, 2.05) is 12.1 Å². The third kappa shape index (κ3) is 2.64. The van der Waals surface area contributed by atoms with Crippen LogP contribution >= 0.6 is 0 Å². The quantitative estimate of drug-likeness (QED) is 0.895. The van der Waals surface area contributed by atoms with Crippen LogP contribution in [-0.2, 0) is 5.41 Å². The van der Waals surface area contributed by atoms with Gasteiger partial charge in [0.05, 0.1) is 6.10 Å². The van der Waals surface area contributed by atoms with Gasteiger partial charge in [0.2, 0.25) is 0 Å². The van der Waals surface area contributed by atoms with E-state index in [1.165, 1.54) is 5.56 Å². The summed E-state index contributed by atoms with van der Waals surface area (Å²) in [4.78, 5) is 0. The Hall–Kier alpha value is -1.02. The van der Waals surface area contributed by atoms with E-state index in [2.05, 4.69) is 46.8 Å². The molecule has 2 rings (SSSR count). The molecule has 0 amide bonds. The lowest BCUT2D eigenvalue weighted by Gasteiger charge is -2.50. The Balaban J connectivity index is 2.13. The minimum Gasteiger partial charge on any atom is -0.490 e. The van der Waals surface area contributed by atoms with Crippen molar-refractivity contribution in [3.63, 3.8) is 0 Å². The van der Waals surface area contributed by atoms with Crippen LogP contribution in [0, 0.1) is 5.41 Å². The van der Waals surface area contributed by atoms with Gasteiger partial charge in [0.25, 0.3) is 0 Å². The molecule has 106 valence electrons. The molecule has 19 heavy (non-hydrogen) atoms. The molecule has 1 fully saturated rings. The molecule has 0 radical (unpaired) electrons. The van der Waals surface area contributed by atoms with Crippen molar-refractivity contribution in [2.75, 3.05) is 0 Å². The van der Waals surface area contributed by atoms with Crippen molar-refractivity contribution in [1.29, 1.82) is 0 Å². The molecule has 0 saturated heterocycles. The first kappa shape index (κ1) is 14.4. The predicted octanol–water partition coefficient (Wildman–Crippen LogP) is 3.91. The summed E-state index contributed by atoms with van der Waals surface area (Å²) >= 11 is 0. The SMILES string of the molecule is CCC1(C)C(O)CC1Oc1cccc(C(C)(C)C)c1. The van der Waals surface area contributed by atoms with Crippen molar-refractivity contribution in [3.8, 4) is 5.75 Å². The van der Waals surface area contributed by atoms with Crippen molar-refractivity contribution in [2.24, 2.45) is 5.41 Å². The van der Waals surface area contributed by atoms with Gasteiger partial charge in [-0.05, 0) is 29.5 Å². The molecule has 1 aliphatic carbocycles. The molecule has 0 heterocycles. The van der Waals surface area contributed by atoms with Gasteiger partial charge in [-0.1, -0.05) is 46.8 Å². The first-order valence-corrected chi connectivity index (χ1v) is 7.22. The number of rotatable bonds is 3. The summed E-state index contributed by atoms with van der Waals surface area (Å²) in [6, 6.07) is 8.33. The summed E-state index contributed by atoms with van der Waals surface area (Å²) in [5, 5.41) is 9.92. The lowest BCUT2D eigenvalue weighted by Crippen LogP contribution is -2.57. The Kier molecular flexibility index (Phi) is 3.65. The highest BCUT2D eigenvalue weighted by Gasteiger charge is 2.51. The molecule has 0 bridgehead atoms. The monoisotopic (exact) mass is 262 g/mol. The molecular formula is C17H26O2. The first-order valence-electron chi connectivity index (χ1n) is 7.22. The maximum absolute atomic E-state index is 9.92. The van der Waals surface area contributed by atoms with Crippen LogP contribution in [0.1, 0.15) is 53.0 Å². The lowest BCUT2D eigenvalue weighted by molar-refractivity contribution is -0.147. The Morgan fingerprint density at radius 2 is 2.05 bits per heavy atom. The topological polar surface area (TPSA) is 29.5 Å². The molecule has 3 unspecified atom stereocenters. The van der Waals surface area contributed by atoms with E-state index in [0.29, 0.717) is 0 Å². The van der Waals surface area contributed by atoms with E-state index < -0.39 is 0 Å². The zero-order valence-electron chi connectivity index (χ0n) is 12.7. The van der Waals surface area contributed by atoms with Gasteiger partial charge in [0.1, 0.15) is 11.9 Å². The summed E-state index contributed by atoms with van der Waals surface area (Å²) in [5.41, 5.74) is 1.31. The van der Waals surface area contributed by atoms with Gasteiger partial charge in [-0.15, -0.1) is 0 Å². The van der Waals surface area contributed by atoms with Crippen molar-refractivity contribution in [1.82, 2.24) is 0 Å². The highest BCUT2D eigenvalue weighted by molar-refractivity contribution is 5.33. The van der Waals surface area contributed by atoms with Gasteiger partial charge in [-0.2, -0.15) is 0 Å². The van der Waals surface area contributed by atoms with Crippen molar-refractivity contribution in [2.45, 2.75) is 65.1 Å². The fraction of sp³-hybridized carbons (Fsp3) is 0.647. The van der Waals surface area contributed by atoms with Crippen LogP contribution in [0.2, 0.25) is 0 Å². The Labute approximate surface area is 116 Å². The van der Waals surface area contributed by atoms with Crippen LogP contribution in [0.4, 0.5) is 0 Å². The van der Waals surface area contributed by atoms with Crippen LogP contribution in [0.5, 0.6) is 5.75 Å². The smallest absolute Gasteiger partial charge is 0.120 e. The van der Waals surface area contributed by atoms with Gasteiger partial charge in [-0.3, -0.25) is 0 Å². The molecule has 0 aliphatic heterocycles. The van der Waals surface area contributed by atoms with Crippen LogP contribution in [0.3, 0.4) is 0 Å². The number of ether oxygens (including phenoxy) is 1. The summed E-state index contributed by atoms with van der Waals surface area (Å²) in [6.07, 6.45) is 1.58. The molecule has 2 heteroatoms. The molecule has 1 aromatic carbocycles. The molecule has 1 aromatic rings. The van der Waals surface area contributed by atoms with Crippen molar-refractivity contribution >= 4 is 0 Å². The molecular weight excluding hydrogens is 236 g/mol. The summed E-state index contributed by atoms with van der Waals surface area (Å²) in [5.74, 6) is 0.920. The van der Waals surface area contributed by atoms with Crippen LogP contribution < -0.4 is 4.74 Å². The fourth-order valence-electron chi connectivity index (χ4n) is 2.64. The second-order valence-corrected chi connectivity index (χ2v) is 7.00. The summed E-state index contributed by atoms with van der Waals surface area (Å²) in [7, 11) is 0. The van der Waals surface area contributed by atoms with Crippen LogP contribution in [-0.4, -0.2) is 17.3 Å². The van der Waals surface area contributed by atoms with Crippen molar-refractivity contribution in [3.05, 3.63) is 29.8 Å². The number of aliphatic hydroxyl groups excluding tert-OH is 1. The third-order valence-corrected chi connectivity index (χ3v) is 4.67. The average Bonchev–Trinajstić information content (AvgIpc) is 2.36. The predicted molar refractivity (Wildman–Crippen MR) is 78.6 cm³/mol. The zero-order valence-corrected chi connectivity index (χ0v) is 12.7.